The van der Waals surface area contributed by atoms with Crippen molar-refractivity contribution in [3.63, 3.8) is 0 Å². The van der Waals surface area contributed by atoms with Gasteiger partial charge in [0.1, 0.15) is 5.75 Å². The molecule has 0 N–H and O–H groups in total. The zero-order valence-corrected chi connectivity index (χ0v) is 13.2. The van der Waals surface area contributed by atoms with Crippen molar-refractivity contribution < 1.29 is 4.74 Å². The Labute approximate surface area is 126 Å². The molecule has 0 aliphatic rings. The number of unbranched alkanes of at least 4 members (excludes halogenated alkanes) is 3. The lowest BCUT2D eigenvalue weighted by Gasteiger charge is -2.09. The van der Waals surface area contributed by atoms with E-state index >= 15 is 0 Å². The van der Waals surface area contributed by atoms with E-state index in [0.717, 1.165) is 36.0 Å². The number of halogens is 4. The highest BCUT2D eigenvalue weighted by Crippen LogP contribution is 2.34. The zero-order valence-electron chi connectivity index (χ0n) is 9.32. The Balaban J connectivity index is 2.34. The van der Waals surface area contributed by atoms with Gasteiger partial charge in [-0.15, -0.1) is 11.6 Å². The number of hydrogen-bond acceptors (Lipinski definition) is 1. The highest BCUT2D eigenvalue weighted by molar-refractivity contribution is 9.10. The van der Waals surface area contributed by atoms with Crippen LogP contribution in [0.2, 0.25) is 10.0 Å². The SMILES string of the molecule is ClCCCCCCOc1cc(Cl)c(Br)cc1Cl. The first-order valence-electron chi connectivity index (χ1n) is 5.48. The van der Waals surface area contributed by atoms with Crippen LogP contribution in [0.1, 0.15) is 25.7 Å². The summed E-state index contributed by atoms with van der Waals surface area (Å²) in [6.07, 6.45) is 4.32. The molecule has 0 saturated heterocycles. The van der Waals surface area contributed by atoms with E-state index in [0.29, 0.717) is 22.4 Å². The largest absolute Gasteiger partial charge is 0.492 e. The number of benzene rings is 1. The van der Waals surface area contributed by atoms with E-state index < -0.39 is 0 Å². The molecule has 1 aromatic carbocycles. The van der Waals surface area contributed by atoms with Crippen LogP contribution in [0.5, 0.6) is 5.75 Å². The standard InChI is InChI=1S/C12H14BrCl3O/c13-9-7-11(16)12(8-10(9)15)17-6-4-2-1-3-5-14/h7-8H,1-6H2. The van der Waals surface area contributed by atoms with Gasteiger partial charge >= 0.3 is 0 Å². The maximum atomic E-state index is 6.03. The predicted molar refractivity (Wildman–Crippen MR) is 78.8 cm³/mol. The summed E-state index contributed by atoms with van der Waals surface area (Å²) in [5.41, 5.74) is 0. The topological polar surface area (TPSA) is 9.23 Å². The van der Waals surface area contributed by atoms with Crippen molar-refractivity contribution in [1.82, 2.24) is 0 Å². The highest BCUT2D eigenvalue weighted by Gasteiger charge is 2.06. The first kappa shape index (κ1) is 15.4. The Morgan fingerprint density at radius 3 is 2.41 bits per heavy atom. The monoisotopic (exact) mass is 358 g/mol. The molecular formula is C12H14BrCl3O. The quantitative estimate of drug-likeness (QED) is 0.332. The number of ether oxygens (including phenoxy) is 1. The summed E-state index contributed by atoms with van der Waals surface area (Å²) in [6, 6.07) is 3.47. The van der Waals surface area contributed by atoms with Crippen LogP contribution in [-0.4, -0.2) is 12.5 Å². The Morgan fingerprint density at radius 2 is 1.71 bits per heavy atom. The minimum absolute atomic E-state index is 0.571. The van der Waals surface area contributed by atoms with Gasteiger partial charge < -0.3 is 4.74 Å². The lowest BCUT2D eigenvalue weighted by Crippen LogP contribution is -1.98. The molecule has 0 radical (unpaired) electrons. The summed E-state index contributed by atoms with van der Waals surface area (Å²) >= 11 is 20.9. The molecule has 96 valence electrons. The van der Waals surface area contributed by atoms with E-state index in [1.165, 1.54) is 0 Å². The minimum atomic E-state index is 0.571. The zero-order chi connectivity index (χ0) is 12.7. The van der Waals surface area contributed by atoms with Gasteiger partial charge in [-0.2, -0.15) is 0 Å². The minimum Gasteiger partial charge on any atom is -0.492 e. The maximum absolute atomic E-state index is 6.03. The van der Waals surface area contributed by atoms with Gasteiger partial charge in [0.15, 0.2) is 0 Å². The van der Waals surface area contributed by atoms with Gasteiger partial charge in [-0.05, 0) is 34.8 Å². The predicted octanol–water partition coefficient (Wildman–Crippen LogP) is 5.93. The summed E-state index contributed by atoms with van der Waals surface area (Å²) in [5, 5.41) is 1.17. The molecule has 0 amide bonds. The number of alkyl halides is 1. The van der Waals surface area contributed by atoms with Crippen molar-refractivity contribution in [1.29, 1.82) is 0 Å². The Morgan fingerprint density at radius 1 is 1.00 bits per heavy atom. The summed E-state index contributed by atoms with van der Waals surface area (Å²) in [5.74, 6) is 1.37. The van der Waals surface area contributed by atoms with E-state index in [2.05, 4.69) is 15.9 Å². The third-order valence-electron chi connectivity index (χ3n) is 2.26. The molecule has 0 unspecified atom stereocenters. The fraction of sp³-hybridized carbons (Fsp3) is 0.500. The van der Waals surface area contributed by atoms with Crippen molar-refractivity contribution in [2.45, 2.75) is 25.7 Å². The van der Waals surface area contributed by atoms with E-state index in [9.17, 15) is 0 Å². The van der Waals surface area contributed by atoms with Gasteiger partial charge in [0.05, 0.1) is 16.7 Å². The molecular weight excluding hydrogens is 346 g/mol. The first-order valence-corrected chi connectivity index (χ1v) is 7.57. The molecule has 0 fully saturated rings. The summed E-state index contributed by atoms with van der Waals surface area (Å²) in [7, 11) is 0. The normalized spacial score (nSPS) is 10.6. The van der Waals surface area contributed by atoms with Crippen molar-refractivity contribution in [3.8, 4) is 5.75 Å². The van der Waals surface area contributed by atoms with Crippen molar-refractivity contribution >= 4 is 50.7 Å². The van der Waals surface area contributed by atoms with Crippen LogP contribution >= 0.6 is 50.7 Å². The molecule has 1 rings (SSSR count). The van der Waals surface area contributed by atoms with E-state index in [-0.39, 0.29) is 0 Å². The Bertz CT molecular complexity index is 358. The highest BCUT2D eigenvalue weighted by atomic mass is 79.9. The Hall–Kier alpha value is 0.370. The molecule has 0 aromatic heterocycles. The lowest BCUT2D eigenvalue weighted by molar-refractivity contribution is 0.305. The first-order chi connectivity index (χ1) is 8.15. The van der Waals surface area contributed by atoms with E-state index in [1.807, 2.05) is 0 Å². The fourth-order valence-electron chi connectivity index (χ4n) is 1.35. The van der Waals surface area contributed by atoms with Crippen LogP contribution < -0.4 is 4.74 Å². The van der Waals surface area contributed by atoms with Crippen molar-refractivity contribution in [2.24, 2.45) is 0 Å². The van der Waals surface area contributed by atoms with Gasteiger partial charge in [0.25, 0.3) is 0 Å². The third-order valence-corrected chi connectivity index (χ3v) is 4.02. The number of hydrogen-bond donors (Lipinski definition) is 0. The number of rotatable bonds is 7. The van der Waals surface area contributed by atoms with Gasteiger partial charge in [0.2, 0.25) is 0 Å². The molecule has 0 bridgehead atoms. The molecule has 0 atom stereocenters. The van der Waals surface area contributed by atoms with Crippen molar-refractivity contribution in [3.05, 3.63) is 26.7 Å². The van der Waals surface area contributed by atoms with Gasteiger partial charge in [-0.1, -0.05) is 36.0 Å². The average Bonchev–Trinajstić information content (AvgIpc) is 2.30. The molecule has 17 heavy (non-hydrogen) atoms. The van der Waals surface area contributed by atoms with Crippen molar-refractivity contribution in [2.75, 3.05) is 12.5 Å². The molecule has 1 nitrogen and oxygen atoms in total. The summed E-state index contributed by atoms with van der Waals surface area (Å²) in [4.78, 5) is 0. The molecule has 0 aliphatic heterocycles. The maximum Gasteiger partial charge on any atom is 0.139 e. The lowest BCUT2D eigenvalue weighted by atomic mass is 10.2. The second-order valence-corrected chi connectivity index (χ2v) is 5.70. The molecule has 0 aliphatic carbocycles. The van der Waals surface area contributed by atoms with E-state index in [4.69, 9.17) is 39.5 Å². The molecule has 5 heteroatoms. The molecule has 1 aromatic rings. The van der Waals surface area contributed by atoms with E-state index in [1.54, 1.807) is 12.1 Å². The van der Waals surface area contributed by atoms with Gasteiger partial charge in [-0.3, -0.25) is 0 Å². The molecule has 0 spiro atoms. The van der Waals surface area contributed by atoms with Gasteiger partial charge in [0, 0.05) is 16.4 Å². The van der Waals surface area contributed by atoms with Crippen LogP contribution in [0, 0.1) is 0 Å². The summed E-state index contributed by atoms with van der Waals surface area (Å²) in [6.45, 7) is 0.653. The van der Waals surface area contributed by atoms with Crippen LogP contribution in [0.3, 0.4) is 0 Å². The smallest absolute Gasteiger partial charge is 0.139 e. The second-order valence-electron chi connectivity index (χ2n) is 3.65. The Kier molecular flexibility index (Phi) is 7.68. The fourth-order valence-corrected chi connectivity index (χ4v) is 2.38. The van der Waals surface area contributed by atoms with Crippen LogP contribution in [-0.2, 0) is 0 Å². The average molecular weight is 361 g/mol. The third kappa shape index (κ3) is 5.69. The molecule has 0 saturated carbocycles. The van der Waals surface area contributed by atoms with Crippen LogP contribution in [0.4, 0.5) is 0 Å². The van der Waals surface area contributed by atoms with Crippen LogP contribution in [0.15, 0.2) is 16.6 Å². The molecule has 0 heterocycles. The summed E-state index contributed by atoms with van der Waals surface area (Å²) < 4.78 is 6.36. The van der Waals surface area contributed by atoms with Gasteiger partial charge in [-0.25, -0.2) is 0 Å². The second kappa shape index (κ2) is 8.47. The van der Waals surface area contributed by atoms with Crippen LogP contribution in [0.25, 0.3) is 0 Å².